The predicted octanol–water partition coefficient (Wildman–Crippen LogP) is -0.334. The van der Waals surface area contributed by atoms with Gasteiger partial charge in [-0.15, -0.1) is 0 Å². The van der Waals surface area contributed by atoms with Gasteiger partial charge in [-0.1, -0.05) is 0 Å². The van der Waals surface area contributed by atoms with Crippen molar-refractivity contribution >= 4 is 0 Å². The molecule has 0 aromatic rings. The fourth-order valence-corrected chi connectivity index (χ4v) is 1.33. The summed E-state index contributed by atoms with van der Waals surface area (Å²) in [5, 5.41) is 9.08. The maximum atomic E-state index is 9.08. The second-order valence-corrected chi connectivity index (χ2v) is 3.08. The normalized spacial score (nSPS) is 23.5. The average molecular weight is 161 g/mol. The van der Waals surface area contributed by atoms with Gasteiger partial charge in [0.05, 0.1) is 13.2 Å². The Labute approximate surface area is 66.2 Å². The van der Waals surface area contributed by atoms with Crippen LogP contribution in [0.4, 0.5) is 0 Å². The highest BCUT2D eigenvalue weighted by Crippen LogP contribution is 2.29. The van der Waals surface area contributed by atoms with Gasteiger partial charge in [0.2, 0.25) is 0 Å². The van der Waals surface area contributed by atoms with E-state index in [1.54, 1.807) is 0 Å². The quantitative estimate of drug-likeness (QED) is 0.556. The van der Waals surface area contributed by atoms with Crippen LogP contribution in [0.25, 0.3) is 0 Å². The summed E-state index contributed by atoms with van der Waals surface area (Å²) in [5.41, 5.74) is -0.146. The first-order chi connectivity index (χ1) is 5.33. The molecule has 1 saturated heterocycles. The second-order valence-electron chi connectivity index (χ2n) is 3.08. The zero-order valence-corrected chi connectivity index (χ0v) is 6.58. The monoisotopic (exact) mass is 161 g/mol. The second kappa shape index (κ2) is 4.01. The van der Waals surface area contributed by atoms with Gasteiger partial charge in [-0.2, -0.15) is 0 Å². The van der Waals surface area contributed by atoms with Gasteiger partial charge in [0.15, 0.2) is 0 Å². The molecule has 0 spiro atoms. The van der Waals surface area contributed by atoms with Crippen LogP contribution < -0.4 is 5.90 Å². The Morgan fingerprint density at radius 1 is 1.45 bits per heavy atom. The van der Waals surface area contributed by atoms with Gasteiger partial charge in [-0.3, -0.25) is 0 Å². The Balaban J connectivity index is 2.42. The minimum absolute atomic E-state index is 0.132. The van der Waals surface area contributed by atoms with E-state index in [4.69, 9.17) is 15.7 Å². The van der Waals surface area contributed by atoms with E-state index in [1.807, 2.05) is 0 Å². The van der Waals surface area contributed by atoms with Gasteiger partial charge in [0, 0.05) is 18.6 Å². The lowest BCUT2D eigenvalue weighted by Gasteiger charge is -2.34. The van der Waals surface area contributed by atoms with Crippen LogP contribution in [-0.2, 0) is 9.57 Å². The molecule has 0 amide bonds. The van der Waals surface area contributed by atoms with Crippen molar-refractivity contribution in [2.75, 3.05) is 26.4 Å². The highest BCUT2D eigenvalue weighted by Gasteiger charge is 2.32. The van der Waals surface area contributed by atoms with E-state index in [9.17, 15) is 0 Å². The summed E-state index contributed by atoms with van der Waals surface area (Å²) in [4.78, 5) is 4.56. The summed E-state index contributed by atoms with van der Waals surface area (Å²) in [6.07, 6.45) is 1.67. The first-order valence-corrected chi connectivity index (χ1v) is 3.83. The molecule has 1 aliphatic rings. The van der Waals surface area contributed by atoms with E-state index in [0.717, 1.165) is 12.8 Å². The molecule has 4 nitrogen and oxygen atoms in total. The third-order valence-corrected chi connectivity index (χ3v) is 2.28. The summed E-state index contributed by atoms with van der Waals surface area (Å²) < 4.78 is 5.17. The summed E-state index contributed by atoms with van der Waals surface area (Å²) in [6, 6.07) is 0. The Morgan fingerprint density at radius 3 is 2.55 bits per heavy atom. The van der Waals surface area contributed by atoms with Crippen molar-refractivity contribution in [3.05, 3.63) is 0 Å². The van der Waals surface area contributed by atoms with Crippen molar-refractivity contribution in [3.63, 3.8) is 0 Å². The number of hydrogen-bond donors (Lipinski definition) is 2. The van der Waals surface area contributed by atoms with Crippen LogP contribution in [0.2, 0.25) is 0 Å². The number of aliphatic hydroxyl groups excluding tert-OH is 1. The van der Waals surface area contributed by atoms with E-state index in [0.29, 0.717) is 19.8 Å². The minimum Gasteiger partial charge on any atom is -0.396 e. The first kappa shape index (κ1) is 8.93. The van der Waals surface area contributed by atoms with Crippen LogP contribution in [0.1, 0.15) is 12.8 Å². The minimum atomic E-state index is -0.146. The molecular weight excluding hydrogens is 146 g/mol. The predicted molar refractivity (Wildman–Crippen MR) is 39.7 cm³/mol. The van der Waals surface area contributed by atoms with Crippen LogP contribution in [-0.4, -0.2) is 31.5 Å². The zero-order valence-electron chi connectivity index (χ0n) is 6.58. The molecule has 3 N–H and O–H groups in total. The number of aliphatic hydroxyl groups is 1. The molecule has 4 heteroatoms. The molecule has 0 radical (unpaired) electrons. The lowest BCUT2D eigenvalue weighted by atomic mass is 9.82. The van der Waals surface area contributed by atoms with E-state index in [1.165, 1.54) is 0 Å². The molecule has 66 valence electrons. The maximum Gasteiger partial charge on any atom is 0.0759 e. The van der Waals surface area contributed by atoms with Crippen LogP contribution in [0.3, 0.4) is 0 Å². The SMILES string of the molecule is NOCC1(CO)CCOCC1. The van der Waals surface area contributed by atoms with Crippen LogP contribution in [0.15, 0.2) is 0 Å². The smallest absolute Gasteiger partial charge is 0.0759 e. The lowest BCUT2D eigenvalue weighted by molar-refractivity contribution is -0.0659. The summed E-state index contributed by atoms with van der Waals surface area (Å²) in [7, 11) is 0. The molecule has 0 unspecified atom stereocenters. The average Bonchev–Trinajstić information content (AvgIpc) is 2.07. The van der Waals surface area contributed by atoms with Gasteiger partial charge in [-0.25, -0.2) is 5.90 Å². The molecule has 11 heavy (non-hydrogen) atoms. The van der Waals surface area contributed by atoms with Crippen molar-refractivity contribution in [1.29, 1.82) is 0 Å². The van der Waals surface area contributed by atoms with E-state index < -0.39 is 0 Å². The van der Waals surface area contributed by atoms with Crippen LogP contribution >= 0.6 is 0 Å². The van der Waals surface area contributed by atoms with Gasteiger partial charge in [0.25, 0.3) is 0 Å². The number of rotatable bonds is 3. The molecule has 0 atom stereocenters. The van der Waals surface area contributed by atoms with E-state index in [2.05, 4.69) is 4.84 Å². The van der Waals surface area contributed by atoms with Crippen LogP contribution in [0, 0.1) is 5.41 Å². The molecule has 1 rings (SSSR count). The fourth-order valence-electron chi connectivity index (χ4n) is 1.33. The molecule has 0 bridgehead atoms. The van der Waals surface area contributed by atoms with Gasteiger partial charge in [-0.05, 0) is 12.8 Å². The molecule has 1 fully saturated rings. The molecule has 0 aromatic carbocycles. The lowest BCUT2D eigenvalue weighted by Crippen LogP contribution is -2.38. The van der Waals surface area contributed by atoms with Crippen molar-refractivity contribution in [2.24, 2.45) is 11.3 Å². The highest BCUT2D eigenvalue weighted by atomic mass is 16.6. The van der Waals surface area contributed by atoms with Crippen molar-refractivity contribution in [1.82, 2.24) is 0 Å². The third-order valence-electron chi connectivity index (χ3n) is 2.28. The molecule has 0 saturated carbocycles. The van der Waals surface area contributed by atoms with Crippen LogP contribution in [0.5, 0.6) is 0 Å². The largest absolute Gasteiger partial charge is 0.396 e. The molecule has 0 aromatic heterocycles. The number of hydrogen-bond acceptors (Lipinski definition) is 4. The summed E-state index contributed by atoms with van der Waals surface area (Å²) in [5.74, 6) is 4.97. The fraction of sp³-hybridized carbons (Fsp3) is 1.00. The number of ether oxygens (including phenoxy) is 1. The standard InChI is InChI=1S/C7H15NO3/c8-11-6-7(5-9)1-3-10-4-2-7/h9H,1-6,8H2. The molecule has 0 aliphatic carbocycles. The molecule has 1 aliphatic heterocycles. The maximum absolute atomic E-state index is 9.08. The van der Waals surface area contributed by atoms with Crippen molar-refractivity contribution in [3.8, 4) is 0 Å². The molecular formula is C7H15NO3. The Morgan fingerprint density at radius 2 is 2.09 bits per heavy atom. The van der Waals surface area contributed by atoms with Crippen molar-refractivity contribution in [2.45, 2.75) is 12.8 Å². The highest BCUT2D eigenvalue weighted by molar-refractivity contribution is 4.80. The van der Waals surface area contributed by atoms with E-state index in [-0.39, 0.29) is 12.0 Å². The van der Waals surface area contributed by atoms with E-state index >= 15 is 0 Å². The summed E-state index contributed by atoms with van der Waals surface area (Å²) >= 11 is 0. The third kappa shape index (κ3) is 2.13. The number of nitrogens with two attached hydrogens (primary N) is 1. The van der Waals surface area contributed by atoms with Crippen molar-refractivity contribution < 1.29 is 14.7 Å². The summed E-state index contributed by atoms with van der Waals surface area (Å²) in [6.45, 7) is 1.95. The molecule has 1 heterocycles. The first-order valence-electron chi connectivity index (χ1n) is 3.83. The van der Waals surface area contributed by atoms with Gasteiger partial charge >= 0.3 is 0 Å². The zero-order chi connectivity index (χ0) is 8.16. The topological polar surface area (TPSA) is 64.7 Å². The Bertz CT molecular complexity index is 107. The Hall–Kier alpha value is -0.160. The van der Waals surface area contributed by atoms with Gasteiger partial charge < -0.3 is 14.7 Å². The Kier molecular flexibility index (Phi) is 3.26. The van der Waals surface area contributed by atoms with Gasteiger partial charge in [0.1, 0.15) is 0 Å².